The molecule has 1 aliphatic heterocycles. The van der Waals surface area contributed by atoms with E-state index in [2.05, 4.69) is 13.8 Å². The molecule has 0 spiro atoms. The molecule has 1 saturated heterocycles. The molecule has 0 aliphatic carbocycles. The van der Waals surface area contributed by atoms with Gasteiger partial charge in [0.15, 0.2) is 0 Å². The third-order valence-electron chi connectivity index (χ3n) is 2.30. The van der Waals surface area contributed by atoms with Crippen molar-refractivity contribution in [3.63, 3.8) is 0 Å². The largest absolute Gasteiger partial charge is 0.213 e. The van der Waals surface area contributed by atoms with Crippen molar-refractivity contribution in [2.24, 2.45) is 11.8 Å². The highest BCUT2D eigenvalue weighted by Gasteiger charge is 2.27. The summed E-state index contributed by atoms with van der Waals surface area (Å²) in [4.78, 5) is 0. The Hall–Kier alpha value is -0.0900. The maximum Gasteiger partial charge on any atom is 0.211 e. The Labute approximate surface area is 74.8 Å². The quantitative estimate of drug-likeness (QED) is 0.618. The number of piperidine rings is 1. The molecule has 72 valence electrons. The van der Waals surface area contributed by atoms with Crippen molar-refractivity contribution in [2.75, 3.05) is 19.3 Å². The van der Waals surface area contributed by atoms with Crippen LogP contribution in [0.2, 0.25) is 0 Å². The number of hydrogen-bond donors (Lipinski definition) is 0. The Morgan fingerprint density at radius 1 is 1.17 bits per heavy atom. The summed E-state index contributed by atoms with van der Waals surface area (Å²) in [6, 6.07) is 0. The second-order valence-electron chi connectivity index (χ2n) is 4.03. The van der Waals surface area contributed by atoms with Gasteiger partial charge in [-0.2, -0.15) is 0 Å². The first-order valence-electron chi connectivity index (χ1n) is 4.34. The van der Waals surface area contributed by atoms with Crippen LogP contribution in [0.5, 0.6) is 0 Å². The Morgan fingerprint density at radius 3 is 1.92 bits per heavy atom. The minimum Gasteiger partial charge on any atom is -0.213 e. The molecule has 0 bridgehead atoms. The molecule has 1 fully saturated rings. The molecule has 0 amide bonds. The van der Waals surface area contributed by atoms with E-state index in [4.69, 9.17) is 0 Å². The maximum atomic E-state index is 11.2. The molecule has 0 aromatic heterocycles. The number of sulfonamides is 1. The van der Waals surface area contributed by atoms with Crippen molar-refractivity contribution in [2.45, 2.75) is 20.3 Å². The van der Waals surface area contributed by atoms with Crippen molar-refractivity contribution in [3.05, 3.63) is 0 Å². The molecule has 0 N–H and O–H groups in total. The molecule has 3 nitrogen and oxygen atoms in total. The fourth-order valence-electron chi connectivity index (χ4n) is 1.88. The Bertz CT molecular complexity index is 238. The SMILES string of the molecule is C[C@H]1C[C@H](C)CN(S(C)(=O)=O)C1. The maximum absolute atomic E-state index is 11.2. The summed E-state index contributed by atoms with van der Waals surface area (Å²) in [5.74, 6) is 1.01. The lowest BCUT2D eigenvalue weighted by molar-refractivity contribution is 0.223. The van der Waals surface area contributed by atoms with Crippen LogP contribution in [0.25, 0.3) is 0 Å². The van der Waals surface area contributed by atoms with Crippen molar-refractivity contribution in [1.82, 2.24) is 4.31 Å². The Morgan fingerprint density at radius 2 is 1.58 bits per heavy atom. The number of rotatable bonds is 1. The molecular weight excluding hydrogens is 174 g/mol. The van der Waals surface area contributed by atoms with Crippen LogP contribution in [0.4, 0.5) is 0 Å². The van der Waals surface area contributed by atoms with Gasteiger partial charge in [0.1, 0.15) is 0 Å². The van der Waals surface area contributed by atoms with Crippen molar-refractivity contribution in [3.8, 4) is 0 Å². The molecule has 1 heterocycles. The van der Waals surface area contributed by atoms with Crippen LogP contribution in [0.1, 0.15) is 20.3 Å². The van der Waals surface area contributed by atoms with Crippen LogP contribution < -0.4 is 0 Å². The normalized spacial score (nSPS) is 33.6. The van der Waals surface area contributed by atoms with Crippen molar-refractivity contribution < 1.29 is 8.42 Å². The lowest BCUT2D eigenvalue weighted by atomic mass is 9.94. The van der Waals surface area contributed by atoms with E-state index in [1.807, 2.05) is 0 Å². The molecule has 0 saturated carbocycles. The third-order valence-corrected chi connectivity index (χ3v) is 3.54. The molecule has 4 heteroatoms. The average Bonchev–Trinajstić information content (AvgIpc) is 1.82. The Balaban J connectivity index is 2.68. The van der Waals surface area contributed by atoms with E-state index in [0.717, 1.165) is 6.42 Å². The van der Waals surface area contributed by atoms with E-state index < -0.39 is 10.0 Å². The molecule has 0 radical (unpaired) electrons. The molecule has 12 heavy (non-hydrogen) atoms. The highest BCUT2D eigenvalue weighted by atomic mass is 32.2. The average molecular weight is 191 g/mol. The zero-order valence-electron chi connectivity index (χ0n) is 7.95. The summed E-state index contributed by atoms with van der Waals surface area (Å²) >= 11 is 0. The topological polar surface area (TPSA) is 37.4 Å². The standard InChI is InChI=1S/C8H17NO2S/c1-7-4-8(2)6-9(5-7)12(3,10)11/h7-8H,4-6H2,1-3H3/t7-,8-/m0/s1. The van der Waals surface area contributed by atoms with Crippen LogP contribution >= 0.6 is 0 Å². The molecule has 0 aromatic rings. The summed E-state index contributed by atoms with van der Waals surface area (Å²) in [7, 11) is -2.96. The first-order chi connectivity index (χ1) is 5.39. The smallest absolute Gasteiger partial charge is 0.211 e. The fourth-order valence-corrected chi connectivity index (χ4v) is 2.93. The third kappa shape index (κ3) is 2.45. The minimum atomic E-state index is -2.96. The second-order valence-corrected chi connectivity index (χ2v) is 6.01. The Kier molecular flexibility index (Phi) is 2.78. The molecule has 1 aliphatic rings. The zero-order chi connectivity index (χ0) is 9.35. The summed E-state index contributed by atoms with van der Waals surface area (Å²) in [6.07, 6.45) is 2.43. The number of nitrogens with zero attached hydrogens (tertiary/aromatic N) is 1. The molecule has 0 unspecified atom stereocenters. The van der Waals surface area contributed by atoms with Gasteiger partial charge in [0, 0.05) is 13.1 Å². The van der Waals surface area contributed by atoms with E-state index in [1.165, 1.54) is 6.26 Å². The van der Waals surface area contributed by atoms with Gasteiger partial charge in [0.2, 0.25) is 10.0 Å². The van der Waals surface area contributed by atoms with Gasteiger partial charge in [-0.15, -0.1) is 0 Å². The first kappa shape index (κ1) is 9.99. The lowest BCUT2D eigenvalue weighted by Crippen LogP contribution is -2.41. The lowest BCUT2D eigenvalue weighted by Gasteiger charge is -2.32. The van der Waals surface area contributed by atoms with E-state index in [0.29, 0.717) is 24.9 Å². The van der Waals surface area contributed by atoms with Gasteiger partial charge < -0.3 is 0 Å². The van der Waals surface area contributed by atoms with Crippen molar-refractivity contribution >= 4 is 10.0 Å². The van der Waals surface area contributed by atoms with Crippen LogP contribution in [-0.2, 0) is 10.0 Å². The van der Waals surface area contributed by atoms with Crippen LogP contribution in [0.3, 0.4) is 0 Å². The van der Waals surface area contributed by atoms with Gasteiger partial charge in [0.25, 0.3) is 0 Å². The van der Waals surface area contributed by atoms with Gasteiger partial charge in [-0.25, -0.2) is 12.7 Å². The van der Waals surface area contributed by atoms with Gasteiger partial charge >= 0.3 is 0 Å². The summed E-state index contributed by atoms with van der Waals surface area (Å²) in [5, 5.41) is 0. The number of hydrogen-bond acceptors (Lipinski definition) is 2. The fraction of sp³-hybridized carbons (Fsp3) is 1.00. The molecular formula is C8H17NO2S. The van der Waals surface area contributed by atoms with E-state index in [1.54, 1.807) is 4.31 Å². The van der Waals surface area contributed by atoms with Crippen molar-refractivity contribution in [1.29, 1.82) is 0 Å². The van der Waals surface area contributed by atoms with Gasteiger partial charge in [0.05, 0.1) is 6.26 Å². The van der Waals surface area contributed by atoms with Gasteiger partial charge in [-0.3, -0.25) is 0 Å². The highest BCUT2D eigenvalue weighted by molar-refractivity contribution is 7.88. The van der Waals surface area contributed by atoms with Gasteiger partial charge in [-0.1, -0.05) is 13.8 Å². The van der Waals surface area contributed by atoms with Gasteiger partial charge in [-0.05, 0) is 18.3 Å². The predicted octanol–water partition coefficient (Wildman–Crippen LogP) is 0.924. The van der Waals surface area contributed by atoms with Crippen LogP contribution in [0, 0.1) is 11.8 Å². The molecule has 0 aromatic carbocycles. The van der Waals surface area contributed by atoms with Crippen LogP contribution in [-0.4, -0.2) is 32.1 Å². The van der Waals surface area contributed by atoms with E-state index in [9.17, 15) is 8.42 Å². The minimum absolute atomic E-state index is 0.503. The summed E-state index contributed by atoms with van der Waals surface area (Å²) in [5.41, 5.74) is 0. The van der Waals surface area contributed by atoms with E-state index >= 15 is 0 Å². The molecule has 1 rings (SSSR count). The zero-order valence-corrected chi connectivity index (χ0v) is 8.76. The summed E-state index contributed by atoms with van der Waals surface area (Å²) < 4.78 is 24.0. The highest BCUT2D eigenvalue weighted by Crippen LogP contribution is 2.22. The molecule has 2 atom stereocenters. The first-order valence-corrected chi connectivity index (χ1v) is 6.19. The monoisotopic (exact) mass is 191 g/mol. The second kappa shape index (κ2) is 3.34. The van der Waals surface area contributed by atoms with Crippen LogP contribution in [0.15, 0.2) is 0 Å². The van der Waals surface area contributed by atoms with E-state index in [-0.39, 0.29) is 0 Å². The predicted molar refractivity (Wildman–Crippen MR) is 49.4 cm³/mol. The summed E-state index contributed by atoms with van der Waals surface area (Å²) in [6.45, 7) is 5.61.